The predicted molar refractivity (Wildman–Crippen MR) is 73.4 cm³/mol. The molecule has 0 saturated heterocycles. The Morgan fingerprint density at radius 2 is 1.95 bits per heavy atom. The van der Waals surface area contributed by atoms with Crippen LogP contribution in [0.3, 0.4) is 0 Å². The van der Waals surface area contributed by atoms with Gasteiger partial charge in [0.25, 0.3) is 10.0 Å². The van der Waals surface area contributed by atoms with E-state index in [9.17, 15) is 13.5 Å². The number of aryl methyl sites for hydroxylation is 2. The Kier molecular flexibility index (Phi) is 5.11. The van der Waals surface area contributed by atoms with Gasteiger partial charge in [0.05, 0.1) is 12.1 Å². The highest BCUT2D eigenvalue weighted by Gasteiger charge is 2.32. The molecule has 0 amide bonds. The third-order valence-electron chi connectivity index (χ3n) is 3.58. The highest BCUT2D eigenvalue weighted by atomic mass is 32.2. The molecule has 0 unspecified atom stereocenters. The van der Waals surface area contributed by atoms with E-state index >= 15 is 0 Å². The minimum absolute atomic E-state index is 0.00609. The van der Waals surface area contributed by atoms with Crippen LogP contribution in [-0.4, -0.2) is 35.2 Å². The number of aromatic nitrogens is 2. The number of nitrogens with one attached hydrogen (secondary N) is 1. The maximum Gasteiger partial charge on any atom is 0.260 e. The lowest BCUT2D eigenvalue weighted by molar-refractivity contribution is 0.172. The van der Waals surface area contributed by atoms with Crippen LogP contribution in [0, 0.1) is 6.92 Å². The summed E-state index contributed by atoms with van der Waals surface area (Å²) in [4.78, 5) is 4.07. The molecule has 1 heterocycles. The molecule has 0 bridgehead atoms. The fourth-order valence-electron chi connectivity index (χ4n) is 1.92. The Morgan fingerprint density at radius 3 is 2.32 bits per heavy atom. The summed E-state index contributed by atoms with van der Waals surface area (Å²) < 4.78 is 29.0. The first-order valence-electron chi connectivity index (χ1n) is 6.52. The second-order valence-corrected chi connectivity index (χ2v) is 6.29. The smallest absolute Gasteiger partial charge is 0.260 e. The van der Waals surface area contributed by atoms with Crippen LogP contribution in [0.4, 0.5) is 0 Å². The van der Waals surface area contributed by atoms with E-state index in [1.54, 1.807) is 11.5 Å². The lowest BCUT2D eigenvalue weighted by atomic mass is 9.96. The molecule has 19 heavy (non-hydrogen) atoms. The molecule has 0 atom stereocenters. The highest BCUT2D eigenvalue weighted by molar-refractivity contribution is 7.89. The van der Waals surface area contributed by atoms with E-state index in [1.807, 2.05) is 20.8 Å². The van der Waals surface area contributed by atoms with Crippen molar-refractivity contribution in [1.29, 1.82) is 0 Å². The summed E-state index contributed by atoms with van der Waals surface area (Å²) >= 11 is 0. The largest absolute Gasteiger partial charge is 0.394 e. The van der Waals surface area contributed by atoms with Gasteiger partial charge in [-0.3, -0.25) is 0 Å². The third kappa shape index (κ3) is 3.34. The fraction of sp³-hybridized carbons (Fsp3) is 0.750. The molecule has 0 aliphatic rings. The molecule has 0 fully saturated rings. The van der Waals surface area contributed by atoms with Gasteiger partial charge < -0.3 is 9.67 Å². The molecule has 1 rings (SSSR count). The lowest BCUT2D eigenvalue weighted by Crippen LogP contribution is -2.50. The van der Waals surface area contributed by atoms with Crippen molar-refractivity contribution in [2.24, 2.45) is 0 Å². The van der Waals surface area contributed by atoms with Gasteiger partial charge in [0, 0.05) is 12.7 Å². The monoisotopic (exact) mass is 289 g/mol. The van der Waals surface area contributed by atoms with Crippen LogP contribution in [0.2, 0.25) is 0 Å². The Morgan fingerprint density at radius 1 is 1.37 bits per heavy atom. The van der Waals surface area contributed by atoms with E-state index in [0.29, 0.717) is 25.2 Å². The van der Waals surface area contributed by atoms with Crippen LogP contribution in [0.5, 0.6) is 0 Å². The van der Waals surface area contributed by atoms with Gasteiger partial charge in [0.15, 0.2) is 5.03 Å². The molecule has 1 aromatic heterocycles. The van der Waals surface area contributed by atoms with Crippen molar-refractivity contribution in [2.75, 3.05) is 6.61 Å². The standard InChI is InChI=1S/C12H23N3O3S/c1-5-12(6-2,9-16)14-19(17,18)11-8-15(7-3)10(4)13-11/h8,14,16H,5-7,9H2,1-4H3. The summed E-state index contributed by atoms with van der Waals surface area (Å²) in [5.41, 5.74) is -0.817. The van der Waals surface area contributed by atoms with E-state index in [2.05, 4.69) is 9.71 Å². The molecule has 0 spiro atoms. The maximum atomic E-state index is 12.3. The first-order valence-corrected chi connectivity index (χ1v) is 8.01. The Bertz CT molecular complexity index is 510. The van der Waals surface area contributed by atoms with Gasteiger partial charge in [-0.25, -0.2) is 18.1 Å². The normalized spacial score (nSPS) is 12.9. The van der Waals surface area contributed by atoms with Crippen LogP contribution in [0.1, 0.15) is 39.4 Å². The van der Waals surface area contributed by atoms with Gasteiger partial charge >= 0.3 is 0 Å². The first-order chi connectivity index (χ1) is 8.84. The van der Waals surface area contributed by atoms with Crippen molar-refractivity contribution in [2.45, 2.75) is 57.6 Å². The summed E-state index contributed by atoms with van der Waals surface area (Å²) in [5.74, 6) is 0.658. The van der Waals surface area contributed by atoms with Gasteiger partial charge in [-0.1, -0.05) is 13.8 Å². The minimum Gasteiger partial charge on any atom is -0.394 e. The first kappa shape index (κ1) is 16.1. The Balaban J connectivity index is 3.10. The zero-order valence-electron chi connectivity index (χ0n) is 12.0. The number of rotatable bonds is 7. The van der Waals surface area contributed by atoms with Crippen LogP contribution in [-0.2, 0) is 16.6 Å². The minimum atomic E-state index is -3.71. The topological polar surface area (TPSA) is 84.2 Å². The molecular formula is C12H23N3O3S. The van der Waals surface area contributed by atoms with Crippen LogP contribution >= 0.6 is 0 Å². The second-order valence-electron chi connectivity index (χ2n) is 4.66. The van der Waals surface area contributed by atoms with Crippen molar-refractivity contribution < 1.29 is 13.5 Å². The summed E-state index contributed by atoms with van der Waals surface area (Å²) in [6.45, 7) is 7.82. The average Bonchev–Trinajstić information content (AvgIpc) is 2.78. The lowest BCUT2D eigenvalue weighted by Gasteiger charge is -2.29. The number of aliphatic hydroxyl groups is 1. The molecule has 110 valence electrons. The molecule has 0 saturated carbocycles. The van der Waals surface area contributed by atoms with Crippen LogP contribution in [0.25, 0.3) is 0 Å². The molecule has 7 heteroatoms. The number of hydrogen-bond donors (Lipinski definition) is 2. The summed E-state index contributed by atoms with van der Waals surface area (Å²) in [6.07, 6.45) is 2.56. The van der Waals surface area contributed by atoms with Crippen molar-refractivity contribution in [1.82, 2.24) is 14.3 Å². The van der Waals surface area contributed by atoms with Crippen molar-refractivity contribution in [3.05, 3.63) is 12.0 Å². The molecule has 2 N–H and O–H groups in total. The second kappa shape index (κ2) is 6.02. The third-order valence-corrected chi connectivity index (χ3v) is 5.03. The van der Waals surface area contributed by atoms with Crippen LogP contribution in [0.15, 0.2) is 11.2 Å². The zero-order chi connectivity index (χ0) is 14.7. The van der Waals surface area contributed by atoms with Gasteiger partial charge in [-0.2, -0.15) is 0 Å². The molecule has 6 nitrogen and oxygen atoms in total. The number of hydrogen-bond acceptors (Lipinski definition) is 4. The number of nitrogens with zero attached hydrogens (tertiary/aromatic N) is 2. The van der Waals surface area contributed by atoms with Gasteiger partial charge in [0.2, 0.25) is 0 Å². The van der Waals surface area contributed by atoms with E-state index in [-0.39, 0.29) is 11.6 Å². The summed E-state index contributed by atoms with van der Waals surface area (Å²) in [5, 5.41) is 9.45. The predicted octanol–water partition coefficient (Wildman–Crippen LogP) is 1.04. The fourth-order valence-corrected chi connectivity index (χ4v) is 3.46. The van der Waals surface area contributed by atoms with Gasteiger partial charge in [0.1, 0.15) is 5.82 Å². The Labute approximate surface area is 114 Å². The molecular weight excluding hydrogens is 266 g/mol. The summed E-state index contributed by atoms with van der Waals surface area (Å²) in [6, 6.07) is 0. The van der Waals surface area contributed by atoms with E-state index in [1.165, 1.54) is 6.20 Å². The molecule has 0 aromatic carbocycles. The van der Waals surface area contributed by atoms with E-state index in [0.717, 1.165) is 0 Å². The van der Waals surface area contributed by atoms with Crippen molar-refractivity contribution in [3.8, 4) is 0 Å². The molecule has 1 aromatic rings. The number of sulfonamides is 1. The van der Waals surface area contributed by atoms with E-state index in [4.69, 9.17) is 0 Å². The number of aliphatic hydroxyl groups excluding tert-OH is 1. The molecule has 0 aliphatic heterocycles. The van der Waals surface area contributed by atoms with E-state index < -0.39 is 15.6 Å². The average molecular weight is 289 g/mol. The Hall–Kier alpha value is -0.920. The van der Waals surface area contributed by atoms with Crippen molar-refractivity contribution in [3.63, 3.8) is 0 Å². The molecule has 0 aliphatic carbocycles. The van der Waals surface area contributed by atoms with Crippen LogP contribution < -0.4 is 4.72 Å². The van der Waals surface area contributed by atoms with Gasteiger partial charge in [-0.15, -0.1) is 0 Å². The van der Waals surface area contributed by atoms with Crippen molar-refractivity contribution >= 4 is 10.0 Å². The highest BCUT2D eigenvalue weighted by Crippen LogP contribution is 2.19. The maximum absolute atomic E-state index is 12.3. The molecule has 0 radical (unpaired) electrons. The quantitative estimate of drug-likeness (QED) is 0.785. The zero-order valence-corrected chi connectivity index (χ0v) is 12.8. The number of imidazole rings is 1. The van der Waals surface area contributed by atoms with Gasteiger partial charge in [-0.05, 0) is 26.7 Å². The SMILES string of the molecule is CCn1cc(S(=O)(=O)NC(CC)(CC)CO)nc1C. The summed E-state index contributed by atoms with van der Waals surface area (Å²) in [7, 11) is -3.71.